The normalized spacial score (nSPS) is 17.1. The summed E-state index contributed by atoms with van der Waals surface area (Å²) in [7, 11) is -3.57. The first-order valence-corrected chi connectivity index (χ1v) is 10.2. The number of nitrogens with zero attached hydrogens (tertiary/aromatic N) is 2. The van der Waals surface area contributed by atoms with E-state index in [1.165, 1.54) is 0 Å². The molecule has 0 aliphatic carbocycles. The molecule has 0 radical (unpaired) electrons. The number of anilines is 1. The zero-order valence-corrected chi connectivity index (χ0v) is 15.4. The van der Waals surface area contributed by atoms with E-state index in [4.69, 9.17) is 0 Å². The molecule has 4 rings (SSSR count). The van der Waals surface area contributed by atoms with Crippen LogP contribution >= 0.6 is 0 Å². The standard InChI is InChI=1S/C20H21N3O2S/c1-15-6-8-17(9-7-15)26(24,25)23-13-10-16(14-20-21-11-12-22-20)18-4-2-3-5-19(18)23/h2-9,11-12,16H,10,13-14H2,1H3,(H,21,22). The highest BCUT2D eigenvalue weighted by atomic mass is 32.2. The Balaban J connectivity index is 1.71. The minimum Gasteiger partial charge on any atom is -0.349 e. The first-order valence-electron chi connectivity index (χ1n) is 8.72. The fourth-order valence-corrected chi connectivity index (χ4v) is 5.06. The Labute approximate surface area is 153 Å². The third kappa shape index (κ3) is 3.01. The van der Waals surface area contributed by atoms with Gasteiger partial charge < -0.3 is 4.98 Å². The van der Waals surface area contributed by atoms with Gasteiger partial charge in [0.1, 0.15) is 5.82 Å². The zero-order chi connectivity index (χ0) is 18.1. The van der Waals surface area contributed by atoms with Crippen LogP contribution in [-0.4, -0.2) is 24.9 Å². The molecule has 3 aromatic rings. The Kier molecular flexibility index (Phi) is 4.28. The van der Waals surface area contributed by atoms with Crippen LogP contribution in [0.2, 0.25) is 0 Å². The van der Waals surface area contributed by atoms with Crippen LogP contribution in [0.1, 0.15) is 29.3 Å². The van der Waals surface area contributed by atoms with Gasteiger partial charge in [-0.05, 0) is 43.0 Å². The molecule has 1 aromatic heterocycles. The van der Waals surface area contributed by atoms with Gasteiger partial charge in [-0.1, -0.05) is 35.9 Å². The molecule has 6 heteroatoms. The van der Waals surface area contributed by atoms with Crippen LogP contribution in [0.5, 0.6) is 0 Å². The van der Waals surface area contributed by atoms with Crippen molar-refractivity contribution in [3.8, 4) is 0 Å². The average molecular weight is 367 g/mol. The Bertz CT molecular complexity index is 996. The predicted molar refractivity (Wildman–Crippen MR) is 102 cm³/mol. The summed E-state index contributed by atoms with van der Waals surface area (Å²) in [6.45, 7) is 2.42. The number of hydrogen-bond acceptors (Lipinski definition) is 3. The summed E-state index contributed by atoms with van der Waals surface area (Å²) in [5, 5.41) is 0. The van der Waals surface area contributed by atoms with Crippen LogP contribution in [-0.2, 0) is 16.4 Å². The molecular formula is C20H21N3O2S. The van der Waals surface area contributed by atoms with Gasteiger partial charge in [0.15, 0.2) is 0 Å². The van der Waals surface area contributed by atoms with E-state index in [9.17, 15) is 8.42 Å². The van der Waals surface area contributed by atoms with Crippen LogP contribution < -0.4 is 4.31 Å². The minimum atomic E-state index is -3.57. The molecule has 0 amide bonds. The van der Waals surface area contributed by atoms with Gasteiger partial charge >= 0.3 is 0 Å². The van der Waals surface area contributed by atoms with Crippen molar-refractivity contribution in [1.29, 1.82) is 0 Å². The van der Waals surface area contributed by atoms with E-state index in [1.807, 2.05) is 49.5 Å². The monoisotopic (exact) mass is 367 g/mol. The molecule has 1 unspecified atom stereocenters. The second-order valence-electron chi connectivity index (χ2n) is 6.67. The molecule has 0 fully saturated rings. The molecule has 0 bridgehead atoms. The number of H-pyrrole nitrogens is 1. The molecule has 1 N–H and O–H groups in total. The summed E-state index contributed by atoms with van der Waals surface area (Å²) in [6, 6.07) is 14.8. The number of para-hydroxylation sites is 1. The maximum absolute atomic E-state index is 13.2. The highest BCUT2D eigenvalue weighted by molar-refractivity contribution is 7.92. The lowest BCUT2D eigenvalue weighted by molar-refractivity contribution is 0.563. The van der Waals surface area contributed by atoms with Crippen molar-refractivity contribution in [2.45, 2.75) is 30.6 Å². The summed E-state index contributed by atoms with van der Waals surface area (Å²) in [6.07, 6.45) is 5.11. The highest BCUT2D eigenvalue weighted by Gasteiger charge is 2.33. The second-order valence-corrected chi connectivity index (χ2v) is 8.54. The van der Waals surface area contributed by atoms with E-state index < -0.39 is 10.0 Å². The first kappa shape index (κ1) is 16.8. The number of fused-ring (bicyclic) bond motifs is 1. The van der Waals surface area contributed by atoms with Crippen molar-refractivity contribution in [3.63, 3.8) is 0 Å². The van der Waals surface area contributed by atoms with E-state index in [0.717, 1.165) is 35.5 Å². The number of benzene rings is 2. The van der Waals surface area contributed by atoms with Crippen LogP contribution in [0.25, 0.3) is 0 Å². The first-order chi connectivity index (χ1) is 12.6. The summed E-state index contributed by atoms with van der Waals surface area (Å²) in [4.78, 5) is 7.80. The maximum Gasteiger partial charge on any atom is 0.264 e. The summed E-state index contributed by atoms with van der Waals surface area (Å²) in [5.74, 6) is 1.18. The lowest BCUT2D eigenvalue weighted by Gasteiger charge is -2.34. The molecule has 5 nitrogen and oxygen atoms in total. The van der Waals surface area contributed by atoms with Crippen molar-refractivity contribution >= 4 is 15.7 Å². The predicted octanol–water partition coefficient (Wildman–Crippen LogP) is 3.64. The van der Waals surface area contributed by atoms with Gasteiger partial charge in [-0.2, -0.15) is 0 Å². The lowest BCUT2D eigenvalue weighted by atomic mass is 9.88. The molecule has 0 spiro atoms. The molecule has 1 atom stereocenters. The van der Waals surface area contributed by atoms with E-state index in [2.05, 4.69) is 9.97 Å². The van der Waals surface area contributed by atoms with Gasteiger partial charge in [0.2, 0.25) is 0 Å². The van der Waals surface area contributed by atoms with Crippen LogP contribution in [0, 0.1) is 6.92 Å². The van der Waals surface area contributed by atoms with Crippen LogP contribution in [0.15, 0.2) is 65.8 Å². The number of nitrogens with one attached hydrogen (secondary N) is 1. The zero-order valence-electron chi connectivity index (χ0n) is 14.6. The number of sulfonamides is 1. The number of rotatable bonds is 4. The molecule has 0 saturated carbocycles. The maximum atomic E-state index is 13.2. The lowest BCUT2D eigenvalue weighted by Crippen LogP contribution is -2.37. The van der Waals surface area contributed by atoms with Crippen molar-refractivity contribution in [2.75, 3.05) is 10.8 Å². The SMILES string of the molecule is Cc1ccc(S(=O)(=O)N2CCC(Cc3ncc[nH]3)c3ccccc32)cc1. The second kappa shape index (κ2) is 6.61. The molecule has 1 aliphatic heterocycles. The van der Waals surface area contributed by atoms with E-state index in [1.54, 1.807) is 22.6 Å². The molecule has 1 aliphatic rings. The fraction of sp³-hybridized carbons (Fsp3) is 0.250. The van der Waals surface area contributed by atoms with Crippen molar-refractivity contribution in [3.05, 3.63) is 77.9 Å². The van der Waals surface area contributed by atoms with E-state index in [-0.39, 0.29) is 5.92 Å². The van der Waals surface area contributed by atoms with Crippen molar-refractivity contribution in [1.82, 2.24) is 9.97 Å². The number of imidazole rings is 1. The molecule has 0 saturated heterocycles. The number of aryl methyl sites for hydroxylation is 1. The molecular weight excluding hydrogens is 346 g/mol. The third-order valence-electron chi connectivity index (χ3n) is 4.93. The van der Waals surface area contributed by atoms with Gasteiger partial charge in [0, 0.05) is 25.4 Å². The highest BCUT2D eigenvalue weighted by Crippen LogP contribution is 2.39. The Morgan fingerprint density at radius 1 is 1.15 bits per heavy atom. The Morgan fingerprint density at radius 2 is 1.92 bits per heavy atom. The Morgan fingerprint density at radius 3 is 2.65 bits per heavy atom. The van der Waals surface area contributed by atoms with Crippen LogP contribution in [0.3, 0.4) is 0 Å². The van der Waals surface area contributed by atoms with E-state index >= 15 is 0 Å². The van der Waals surface area contributed by atoms with Gasteiger partial charge in [-0.3, -0.25) is 4.31 Å². The molecule has 134 valence electrons. The Hall–Kier alpha value is -2.60. The summed E-state index contributed by atoms with van der Waals surface area (Å²) < 4.78 is 27.9. The quantitative estimate of drug-likeness (QED) is 0.765. The largest absolute Gasteiger partial charge is 0.349 e. The third-order valence-corrected chi connectivity index (χ3v) is 6.76. The van der Waals surface area contributed by atoms with Gasteiger partial charge in [-0.15, -0.1) is 0 Å². The number of aromatic nitrogens is 2. The summed E-state index contributed by atoms with van der Waals surface area (Å²) in [5.41, 5.74) is 2.88. The molecule has 2 aromatic carbocycles. The topological polar surface area (TPSA) is 66.1 Å². The fourth-order valence-electron chi connectivity index (χ4n) is 3.55. The van der Waals surface area contributed by atoms with Crippen LogP contribution in [0.4, 0.5) is 5.69 Å². The summed E-state index contributed by atoms with van der Waals surface area (Å²) >= 11 is 0. The van der Waals surface area contributed by atoms with Gasteiger partial charge in [-0.25, -0.2) is 13.4 Å². The number of aromatic amines is 1. The van der Waals surface area contributed by atoms with Gasteiger partial charge in [0.25, 0.3) is 10.0 Å². The minimum absolute atomic E-state index is 0.252. The van der Waals surface area contributed by atoms with Gasteiger partial charge in [0.05, 0.1) is 10.6 Å². The number of hydrogen-bond donors (Lipinski definition) is 1. The van der Waals surface area contributed by atoms with E-state index in [0.29, 0.717) is 11.4 Å². The average Bonchev–Trinajstić information content (AvgIpc) is 3.15. The van der Waals surface area contributed by atoms with Crippen molar-refractivity contribution < 1.29 is 8.42 Å². The van der Waals surface area contributed by atoms with Crippen molar-refractivity contribution in [2.24, 2.45) is 0 Å². The molecule has 2 heterocycles. The smallest absolute Gasteiger partial charge is 0.264 e. The molecule has 26 heavy (non-hydrogen) atoms.